The van der Waals surface area contributed by atoms with Gasteiger partial charge in [0.25, 0.3) is 5.69 Å². The molecule has 3 aromatic rings. The highest BCUT2D eigenvalue weighted by Crippen LogP contribution is 2.49. The number of hydrogen-bond donors (Lipinski definition) is 2. The number of nitro groups is 1. The summed E-state index contributed by atoms with van der Waals surface area (Å²) in [5.41, 5.74) is 3.94. The lowest BCUT2D eigenvalue weighted by molar-refractivity contribution is -0.384. The second kappa shape index (κ2) is 8.86. The molecule has 0 saturated heterocycles. The maximum Gasteiger partial charge on any atom is 0.270 e. The lowest BCUT2D eigenvalue weighted by Gasteiger charge is -2.34. The van der Waals surface area contributed by atoms with Crippen LogP contribution in [0.25, 0.3) is 0 Å². The van der Waals surface area contributed by atoms with Crippen LogP contribution in [0.1, 0.15) is 57.7 Å². The molecular formula is C31H31N3O5. The molecule has 0 spiro atoms. The minimum atomic E-state index is -0.663. The first-order chi connectivity index (χ1) is 18.5. The maximum absolute atomic E-state index is 13.7. The lowest BCUT2D eigenvalue weighted by Crippen LogP contribution is -2.31. The molecule has 0 amide bonds. The molecule has 0 bridgehead atoms. The van der Waals surface area contributed by atoms with Crippen molar-refractivity contribution in [2.24, 2.45) is 5.41 Å². The van der Waals surface area contributed by atoms with Gasteiger partial charge in [0, 0.05) is 47.4 Å². The fourth-order valence-corrected chi connectivity index (χ4v) is 5.88. The molecule has 3 aromatic carbocycles. The molecule has 39 heavy (non-hydrogen) atoms. The van der Waals surface area contributed by atoms with E-state index in [4.69, 9.17) is 9.47 Å². The summed E-state index contributed by atoms with van der Waals surface area (Å²) < 4.78 is 12.7. The number of benzene rings is 3. The Labute approximate surface area is 227 Å². The van der Waals surface area contributed by atoms with Crippen molar-refractivity contribution in [3.05, 3.63) is 93.2 Å². The fraction of sp³-hybridized carbons (Fsp3) is 0.323. The summed E-state index contributed by atoms with van der Waals surface area (Å²) in [4.78, 5) is 25.1. The predicted octanol–water partition coefficient (Wildman–Crippen LogP) is 7.32. The van der Waals surface area contributed by atoms with E-state index in [-0.39, 0.29) is 22.5 Å². The van der Waals surface area contributed by atoms with Gasteiger partial charge in [-0.05, 0) is 49.9 Å². The Morgan fingerprint density at radius 1 is 0.949 bits per heavy atom. The number of hydrogen-bond acceptors (Lipinski definition) is 7. The molecule has 2 aliphatic heterocycles. The van der Waals surface area contributed by atoms with E-state index in [2.05, 4.69) is 24.5 Å². The van der Waals surface area contributed by atoms with Gasteiger partial charge < -0.3 is 20.1 Å². The number of nitrogens with zero attached hydrogens (tertiary/aromatic N) is 1. The van der Waals surface area contributed by atoms with Crippen LogP contribution in [-0.2, 0) is 11.2 Å². The van der Waals surface area contributed by atoms with Gasteiger partial charge in [-0.15, -0.1) is 0 Å². The van der Waals surface area contributed by atoms with Crippen molar-refractivity contribution in [2.45, 2.75) is 58.6 Å². The van der Waals surface area contributed by atoms with Crippen molar-refractivity contribution in [1.29, 1.82) is 0 Å². The van der Waals surface area contributed by atoms with Crippen molar-refractivity contribution in [2.75, 3.05) is 10.6 Å². The molecule has 2 N–H and O–H groups in total. The van der Waals surface area contributed by atoms with Gasteiger partial charge in [-0.3, -0.25) is 14.9 Å². The molecule has 0 aromatic heterocycles. The summed E-state index contributed by atoms with van der Waals surface area (Å²) in [6.07, 6.45) is 1.79. The number of Topliss-reactive ketones (excluding diaryl/α,β-unsaturated/α-hetero) is 1. The first kappa shape index (κ1) is 25.0. The number of fused-ring (bicyclic) bond motifs is 2. The highest BCUT2D eigenvalue weighted by molar-refractivity contribution is 6.01. The Morgan fingerprint density at radius 3 is 2.49 bits per heavy atom. The number of allylic oxidation sites excluding steroid dienone is 1. The van der Waals surface area contributed by atoms with Gasteiger partial charge in [-0.25, -0.2) is 0 Å². The number of non-ortho nitro benzene ring substituents is 1. The number of para-hydroxylation sites is 3. The zero-order valence-corrected chi connectivity index (χ0v) is 22.5. The number of carbonyl (C=O) groups excluding carboxylic acids is 1. The van der Waals surface area contributed by atoms with E-state index in [9.17, 15) is 14.9 Å². The van der Waals surface area contributed by atoms with E-state index >= 15 is 0 Å². The average Bonchev–Trinajstić information content (AvgIpc) is 3.08. The Hall–Kier alpha value is -4.33. The molecule has 8 nitrogen and oxygen atoms in total. The van der Waals surface area contributed by atoms with Crippen molar-refractivity contribution in [1.82, 2.24) is 0 Å². The van der Waals surface area contributed by atoms with Crippen molar-refractivity contribution in [3.63, 3.8) is 0 Å². The summed E-state index contributed by atoms with van der Waals surface area (Å²) in [6, 6.07) is 17.4. The molecule has 1 aliphatic carbocycles. The van der Waals surface area contributed by atoms with Crippen LogP contribution >= 0.6 is 0 Å². The normalized spacial score (nSPS) is 20.4. The van der Waals surface area contributed by atoms with Gasteiger partial charge in [-0.1, -0.05) is 38.1 Å². The zero-order valence-electron chi connectivity index (χ0n) is 22.5. The monoisotopic (exact) mass is 525 g/mol. The smallest absolute Gasteiger partial charge is 0.270 e. The van der Waals surface area contributed by atoms with Crippen LogP contribution in [-0.4, -0.2) is 16.3 Å². The van der Waals surface area contributed by atoms with Gasteiger partial charge >= 0.3 is 0 Å². The van der Waals surface area contributed by atoms with Crippen LogP contribution < -0.4 is 20.1 Å². The molecule has 6 rings (SSSR count). The van der Waals surface area contributed by atoms with E-state index in [1.165, 1.54) is 12.1 Å². The molecule has 0 radical (unpaired) electrons. The molecule has 3 aliphatic rings. The van der Waals surface area contributed by atoms with Gasteiger partial charge in [0.2, 0.25) is 0 Å². The number of anilines is 2. The first-order valence-corrected chi connectivity index (χ1v) is 13.2. The van der Waals surface area contributed by atoms with E-state index in [1.807, 2.05) is 56.3 Å². The predicted molar refractivity (Wildman–Crippen MR) is 149 cm³/mol. The van der Waals surface area contributed by atoms with Gasteiger partial charge in [-0.2, -0.15) is 0 Å². The van der Waals surface area contributed by atoms with Crippen LogP contribution in [0.5, 0.6) is 17.2 Å². The number of nitrogens with one attached hydrogen (secondary N) is 2. The second-order valence-corrected chi connectivity index (χ2v) is 11.9. The third-order valence-corrected chi connectivity index (χ3v) is 7.51. The number of carbonyl (C=O) groups is 1. The number of ketones is 1. The molecular weight excluding hydrogens is 494 g/mol. The second-order valence-electron chi connectivity index (χ2n) is 11.9. The topological polar surface area (TPSA) is 103 Å². The molecule has 1 unspecified atom stereocenters. The summed E-state index contributed by atoms with van der Waals surface area (Å²) in [7, 11) is 0. The van der Waals surface area contributed by atoms with Gasteiger partial charge in [0.05, 0.1) is 22.3 Å². The standard InChI is InChI=1S/C31H31N3O5/c1-30(2)16-23-27(24(35)17-30)28(33-22-10-6-5-9-21(22)32-23)20-14-19(34(36)37)12-13-25(20)38-26-11-7-8-18-15-31(3,4)39-29(18)26/h5-14,28,32-33H,15-17H2,1-4H3. The van der Waals surface area contributed by atoms with Crippen molar-refractivity contribution < 1.29 is 19.2 Å². The number of rotatable bonds is 4. The SMILES string of the molecule is CC1(C)CC(=O)C2=C(C1)Nc1ccccc1NC2c1cc([N+](=O)[O-])ccc1Oc1cccc2c1OC(C)(C)C2. The summed E-state index contributed by atoms with van der Waals surface area (Å²) in [5, 5.41) is 18.9. The van der Waals surface area contributed by atoms with Crippen LogP contribution in [0, 0.1) is 15.5 Å². The summed E-state index contributed by atoms with van der Waals surface area (Å²) in [6.45, 7) is 8.21. The summed E-state index contributed by atoms with van der Waals surface area (Å²) in [5.74, 6) is 1.62. The fourth-order valence-electron chi connectivity index (χ4n) is 5.88. The number of nitro benzene ring substituents is 1. The van der Waals surface area contributed by atoms with Crippen LogP contribution in [0.2, 0.25) is 0 Å². The third-order valence-electron chi connectivity index (χ3n) is 7.51. The molecule has 8 heteroatoms. The average molecular weight is 526 g/mol. The number of ether oxygens (including phenoxy) is 2. The Morgan fingerprint density at radius 2 is 1.72 bits per heavy atom. The molecule has 2 heterocycles. The van der Waals surface area contributed by atoms with E-state index < -0.39 is 11.0 Å². The zero-order chi connectivity index (χ0) is 27.5. The maximum atomic E-state index is 13.7. The molecule has 1 atom stereocenters. The minimum Gasteiger partial charge on any atom is -0.483 e. The highest BCUT2D eigenvalue weighted by atomic mass is 16.6. The van der Waals surface area contributed by atoms with E-state index in [0.29, 0.717) is 41.2 Å². The van der Waals surface area contributed by atoms with Crippen molar-refractivity contribution in [3.8, 4) is 17.2 Å². The van der Waals surface area contributed by atoms with Crippen LogP contribution in [0.15, 0.2) is 71.9 Å². The summed E-state index contributed by atoms with van der Waals surface area (Å²) >= 11 is 0. The Kier molecular flexibility index (Phi) is 5.68. The van der Waals surface area contributed by atoms with Gasteiger partial charge in [0.15, 0.2) is 17.3 Å². The highest BCUT2D eigenvalue weighted by Gasteiger charge is 2.40. The largest absolute Gasteiger partial charge is 0.483 e. The molecule has 0 fully saturated rings. The van der Waals surface area contributed by atoms with E-state index in [0.717, 1.165) is 29.1 Å². The first-order valence-electron chi connectivity index (χ1n) is 13.2. The molecule has 200 valence electrons. The Bertz CT molecular complexity index is 1560. The third kappa shape index (κ3) is 4.60. The van der Waals surface area contributed by atoms with Gasteiger partial charge in [0.1, 0.15) is 11.4 Å². The molecule has 0 saturated carbocycles. The van der Waals surface area contributed by atoms with Crippen molar-refractivity contribution >= 4 is 22.8 Å². The van der Waals surface area contributed by atoms with Crippen LogP contribution in [0.3, 0.4) is 0 Å². The van der Waals surface area contributed by atoms with E-state index in [1.54, 1.807) is 6.07 Å². The quantitative estimate of drug-likeness (QED) is 0.272. The van der Waals surface area contributed by atoms with Crippen LogP contribution in [0.4, 0.5) is 17.1 Å². The lowest BCUT2D eigenvalue weighted by atomic mass is 9.73. The minimum absolute atomic E-state index is 0.00204. The Balaban J connectivity index is 1.52.